The van der Waals surface area contributed by atoms with Gasteiger partial charge in [0.2, 0.25) is 0 Å². The fourth-order valence-electron chi connectivity index (χ4n) is 0. The predicted octanol–water partition coefficient (Wildman–Crippen LogP) is -13.3. The van der Waals surface area contributed by atoms with E-state index >= 15 is 0 Å². The summed E-state index contributed by atoms with van der Waals surface area (Å²) in [5.74, 6) is 0. The van der Waals surface area contributed by atoms with E-state index in [1.54, 1.807) is 0 Å². The molecule has 24 heavy (non-hydrogen) atoms. The Morgan fingerprint density at radius 2 is 0.333 bits per heavy atom. The van der Waals surface area contributed by atoms with E-state index in [9.17, 15) is 0 Å². The molecule has 0 atom stereocenters. The van der Waals surface area contributed by atoms with E-state index in [1.165, 1.54) is 0 Å². The molecule has 0 unspecified atom stereocenters. The normalized spacial score (nSPS) is 5.42. The third-order valence-corrected chi connectivity index (χ3v) is 0. The van der Waals surface area contributed by atoms with E-state index in [-0.39, 0.29) is 197 Å². The molecule has 0 rings (SSSR count). The Hall–Kier alpha value is 8.48. The summed E-state index contributed by atoms with van der Waals surface area (Å²) in [5.41, 5.74) is 0. The van der Waals surface area contributed by atoms with Crippen molar-refractivity contribution in [3.8, 4) is 0 Å². The van der Waals surface area contributed by atoms with Crippen molar-refractivity contribution in [3.63, 3.8) is 0 Å². The van der Waals surface area contributed by atoms with Crippen LogP contribution in [0.3, 0.4) is 0 Å². The second-order valence-corrected chi connectivity index (χ2v) is 5.15. The molecule has 0 aliphatic carbocycles. The Morgan fingerprint density at radius 1 is 0.333 bits per heavy atom. The van der Waals surface area contributed by atoms with Crippen LogP contribution in [0, 0.1) is 98.8 Å². The van der Waals surface area contributed by atoms with Crippen molar-refractivity contribution >= 4 is 97.8 Å². The molecule has 0 fully saturated rings. The first kappa shape index (κ1) is 58.4. The zero-order chi connectivity index (χ0) is 17.9. The van der Waals surface area contributed by atoms with Crippen LogP contribution in [0.5, 0.6) is 0 Å². The predicted molar refractivity (Wildman–Crippen MR) is 14.9 cm³/mol. The second kappa shape index (κ2) is 53.0. The molecule has 0 N–H and O–H groups in total. The van der Waals surface area contributed by atoms with E-state index in [0.717, 1.165) is 0 Å². The van der Waals surface area contributed by atoms with Gasteiger partial charge in [0.15, 0.2) is 0 Å². The molecule has 24 heteroatoms. The van der Waals surface area contributed by atoms with Gasteiger partial charge < -0.3 is 0 Å². The van der Waals surface area contributed by atoms with Gasteiger partial charge in [-0.15, -0.1) is 0 Å². The van der Waals surface area contributed by atoms with Crippen LogP contribution >= 0.6 is 0 Å². The van der Waals surface area contributed by atoms with E-state index in [0.29, 0.717) is 0 Å². The van der Waals surface area contributed by atoms with Crippen molar-refractivity contribution in [2.24, 2.45) is 0 Å². The van der Waals surface area contributed by atoms with E-state index in [1.807, 2.05) is 0 Å². The minimum atomic E-state index is -4.08. The van der Waals surface area contributed by atoms with Crippen LogP contribution in [-0.2, 0) is 110 Å². The molecule has 0 aromatic rings. The molecule has 0 radical (unpaired) electrons. The summed E-state index contributed by atoms with van der Waals surface area (Å²) in [6.45, 7) is 0. The summed E-state index contributed by atoms with van der Waals surface area (Å²) in [7, 11) is 0. The van der Waals surface area contributed by atoms with Crippen LogP contribution in [-0.4, -0.2) is 97.8 Å². The molecule has 0 saturated heterocycles. The van der Waals surface area contributed by atoms with Crippen LogP contribution in [0.15, 0.2) is 0 Å². The van der Waals surface area contributed by atoms with Gasteiger partial charge in [0.25, 0.3) is 0 Å². The molecule has 0 aromatic carbocycles. The maximum atomic E-state index is 8.58. The fraction of sp³-hybridized carbons (Fsp3) is 0. The van der Waals surface area contributed by atoms with Crippen LogP contribution in [0.4, 0.5) is 0 Å². The molecule has 0 aliphatic heterocycles. The Kier molecular flexibility index (Phi) is 129. The van der Waals surface area contributed by atoms with Crippen LogP contribution < -0.4 is 36.9 Å². The first-order chi connectivity index (χ1) is 8.66. The summed E-state index contributed by atoms with van der Waals surface area (Å²) in [4.78, 5) is 0. The van der Waals surface area contributed by atoms with Gasteiger partial charge in [-0.1, -0.05) is 0 Å². The first-order valence-corrected chi connectivity index (χ1v) is 12.6. The van der Waals surface area contributed by atoms with Crippen LogP contribution in [0.2, 0.25) is 0 Å². The van der Waals surface area contributed by atoms with Crippen molar-refractivity contribution < 1.29 is 245 Å². The van der Waals surface area contributed by atoms with Gasteiger partial charge >= 0.3 is 343 Å². The molecule has 0 heterocycles. The third kappa shape index (κ3) is 368. The minimum absolute atomic E-state index is 0. The molecule has 0 saturated carbocycles. The number of hydrogen-bond acceptors (Lipinski definition) is 15. The summed E-state index contributed by atoms with van der Waals surface area (Å²) >= 11 is -20.4. The van der Waals surface area contributed by atoms with Crippen molar-refractivity contribution in [1.29, 1.82) is 0 Å². The van der Waals surface area contributed by atoms with Crippen molar-refractivity contribution in [2.45, 2.75) is 0 Å². The first-order valence-electron chi connectivity index (χ1n) is 3.06. The van der Waals surface area contributed by atoms with Crippen LogP contribution in [0.25, 0.3) is 0 Å². The van der Waals surface area contributed by atoms with Gasteiger partial charge in [-0.3, -0.25) is 0 Å². The van der Waals surface area contributed by atoms with Crippen molar-refractivity contribution in [3.05, 3.63) is 0 Å². The molecular formula is Ba2Eu2O15Ti5. The monoisotopic (exact) mass is 1060 g/mol. The van der Waals surface area contributed by atoms with Gasteiger partial charge in [-0.25, -0.2) is 0 Å². The van der Waals surface area contributed by atoms with E-state index in [2.05, 4.69) is 0 Å². The topological polar surface area (TPSA) is 316 Å². The average Bonchev–Trinajstić information content (AvgIpc) is 1.94. The molecule has 0 aromatic heterocycles. The van der Waals surface area contributed by atoms with Gasteiger partial charge in [0.05, 0.1) is 0 Å². The van der Waals surface area contributed by atoms with Gasteiger partial charge in [-0.05, 0) is 0 Å². The van der Waals surface area contributed by atoms with Gasteiger partial charge in [0, 0.05) is 0 Å². The average molecular weight is 1060 g/mol. The maximum absolute atomic E-state index is 8.58. The molecule has 0 aliphatic rings. The third-order valence-electron chi connectivity index (χ3n) is 0. The number of rotatable bonds is 0. The Morgan fingerprint density at radius 3 is 0.333 bits per heavy atom. The van der Waals surface area contributed by atoms with Crippen LogP contribution in [0.1, 0.15) is 0 Å². The molecule has 128 valence electrons. The Balaban J connectivity index is -0.0000000161. The summed E-state index contributed by atoms with van der Waals surface area (Å²) in [5, 5.41) is 0. The van der Waals surface area contributed by atoms with E-state index in [4.69, 9.17) is 53.5 Å². The summed E-state index contributed by atoms with van der Waals surface area (Å²) in [6.07, 6.45) is 0. The molecule has 0 spiro atoms. The molecular weight excluding hydrogens is 1060 g/mol. The second-order valence-electron chi connectivity index (χ2n) is 1.25. The van der Waals surface area contributed by atoms with Crippen molar-refractivity contribution in [1.82, 2.24) is 0 Å². The fourth-order valence-corrected chi connectivity index (χ4v) is 0. The zero-order valence-corrected chi connectivity index (χ0v) is 32.3. The van der Waals surface area contributed by atoms with Gasteiger partial charge in [-0.2, -0.15) is 0 Å². The van der Waals surface area contributed by atoms with Gasteiger partial charge in [0.1, 0.15) is 0 Å². The summed E-state index contributed by atoms with van der Waals surface area (Å²) < 4.78 is 129. The van der Waals surface area contributed by atoms with E-state index < -0.39 is 93.1 Å². The summed E-state index contributed by atoms with van der Waals surface area (Å²) in [6, 6.07) is 0. The van der Waals surface area contributed by atoms with Crippen molar-refractivity contribution in [2.75, 3.05) is 0 Å². The quantitative estimate of drug-likeness (QED) is 0.204. The zero-order valence-electron chi connectivity index (χ0n) is 10.8. The molecule has 15 nitrogen and oxygen atoms in total. The SMILES string of the molecule is [Ba+2].[Ba+2].[Eu+3].[Eu+3].[O]=[Ti]([O-])[O-].[O]=[Ti]([O-])[O-].[O]=[Ti]([O-])[O-].[O]=[Ti]([O-])[O-].[O]=[Ti]([O-])[O-]. The standard InChI is InChI=1S/2Ba.2Eu.15O.5Ti/q2*+2;2*+3;;;;;;10*-1;;;;;. The molecule has 0 bridgehead atoms. The Bertz CT molecular complexity index is 221. The number of hydrogen-bond donors (Lipinski definition) is 0. The Labute approximate surface area is 332 Å². The molecule has 0 amide bonds.